The average Bonchev–Trinajstić information content (AvgIpc) is 3.20. The molecule has 5 rings (SSSR count). The Kier molecular flexibility index (Phi) is 6.31. The molecule has 0 aliphatic carbocycles. The predicted molar refractivity (Wildman–Crippen MR) is 124 cm³/mol. The summed E-state index contributed by atoms with van der Waals surface area (Å²) in [5.41, 5.74) is 2.02. The number of aromatic nitrogens is 3. The van der Waals surface area contributed by atoms with E-state index < -0.39 is 0 Å². The van der Waals surface area contributed by atoms with Gasteiger partial charge in [-0.2, -0.15) is 9.97 Å². The van der Waals surface area contributed by atoms with Crippen molar-refractivity contribution in [3.05, 3.63) is 40.8 Å². The fraction of sp³-hybridized carbons (Fsp3) is 0.435. The van der Waals surface area contributed by atoms with E-state index in [9.17, 15) is 5.11 Å². The minimum absolute atomic E-state index is 0.192. The number of ether oxygens (including phenoxy) is 2. The van der Waals surface area contributed by atoms with Gasteiger partial charge in [0.2, 0.25) is 5.95 Å². The Morgan fingerprint density at radius 3 is 2.41 bits per heavy atom. The van der Waals surface area contributed by atoms with Gasteiger partial charge in [0.25, 0.3) is 0 Å². The number of hydrogen-bond donors (Lipinski definition) is 1. The largest absolute Gasteiger partial charge is 0.508 e. The number of rotatable bonds is 5. The average molecular weight is 454 g/mol. The van der Waals surface area contributed by atoms with E-state index in [0.717, 1.165) is 56.4 Å². The van der Waals surface area contributed by atoms with Gasteiger partial charge in [-0.3, -0.25) is 4.90 Å². The number of phenolic OH excluding ortho intramolecular Hbond substituents is 1. The van der Waals surface area contributed by atoms with Crippen LogP contribution in [-0.2, 0) is 16.0 Å². The highest BCUT2D eigenvalue weighted by Crippen LogP contribution is 2.32. The van der Waals surface area contributed by atoms with Crippen LogP contribution in [0.15, 0.2) is 30.3 Å². The van der Waals surface area contributed by atoms with Crippen LogP contribution >= 0.6 is 11.3 Å². The maximum absolute atomic E-state index is 9.96. The van der Waals surface area contributed by atoms with E-state index in [1.165, 1.54) is 10.4 Å². The number of phenols is 1. The highest BCUT2D eigenvalue weighted by molar-refractivity contribution is 7.15. The van der Waals surface area contributed by atoms with Crippen LogP contribution in [0.4, 0.5) is 5.95 Å². The number of morpholine rings is 2. The number of aromatic hydroxyl groups is 1. The first-order chi connectivity index (χ1) is 15.7. The maximum atomic E-state index is 9.96. The molecule has 168 valence electrons. The molecule has 2 aliphatic rings. The molecule has 0 amide bonds. The Morgan fingerprint density at radius 2 is 1.66 bits per heavy atom. The summed E-state index contributed by atoms with van der Waals surface area (Å²) in [4.78, 5) is 21.3. The van der Waals surface area contributed by atoms with Crippen molar-refractivity contribution in [3.8, 4) is 27.8 Å². The van der Waals surface area contributed by atoms with E-state index in [-0.39, 0.29) is 5.75 Å². The molecule has 32 heavy (non-hydrogen) atoms. The minimum Gasteiger partial charge on any atom is -0.508 e. The van der Waals surface area contributed by atoms with Gasteiger partial charge in [-0.05, 0) is 30.7 Å². The summed E-state index contributed by atoms with van der Waals surface area (Å²) in [5, 5.41) is 9.96. The molecule has 1 N–H and O–H groups in total. The quantitative estimate of drug-likeness (QED) is 0.631. The third kappa shape index (κ3) is 4.75. The summed E-state index contributed by atoms with van der Waals surface area (Å²) in [6.45, 7) is 9.37. The molecule has 8 nitrogen and oxygen atoms in total. The van der Waals surface area contributed by atoms with Crippen molar-refractivity contribution in [1.29, 1.82) is 0 Å². The zero-order valence-corrected chi connectivity index (χ0v) is 19.0. The first-order valence-corrected chi connectivity index (χ1v) is 11.8. The summed E-state index contributed by atoms with van der Waals surface area (Å²) in [5.74, 6) is 2.07. The summed E-state index contributed by atoms with van der Waals surface area (Å²) in [6, 6.07) is 9.22. The molecule has 4 heterocycles. The Hall–Kier alpha value is -2.59. The van der Waals surface area contributed by atoms with Gasteiger partial charge in [-0.25, -0.2) is 4.98 Å². The molecule has 0 unspecified atom stereocenters. The second kappa shape index (κ2) is 9.50. The van der Waals surface area contributed by atoms with Gasteiger partial charge in [0, 0.05) is 43.2 Å². The fourth-order valence-electron chi connectivity index (χ4n) is 3.90. The summed E-state index contributed by atoms with van der Waals surface area (Å²) >= 11 is 1.74. The van der Waals surface area contributed by atoms with Crippen LogP contribution in [-0.4, -0.2) is 77.6 Å². The number of aryl methyl sites for hydroxylation is 1. The highest BCUT2D eigenvalue weighted by atomic mass is 32.1. The van der Waals surface area contributed by atoms with Crippen molar-refractivity contribution in [2.75, 3.05) is 57.5 Å². The van der Waals surface area contributed by atoms with Crippen LogP contribution < -0.4 is 4.90 Å². The van der Waals surface area contributed by atoms with Crippen molar-refractivity contribution >= 4 is 17.3 Å². The lowest BCUT2D eigenvalue weighted by Crippen LogP contribution is -2.37. The second-order valence-electron chi connectivity index (χ2n) is 8.04. The molecule has 2 aromatic heterocycles. The van der Waals surface area contributed by atoms with Gasteiger partial charge in [0.1, 0.15) is 5.75 Å². The van der Waals surface area contributed by atoms with Crippen LogP contribution in [0, 0.1) is 6.92 Å². The van der Waals surface area contributed by atoms with E-state index in [4.69, 9.17) is 24.4 Å². The monoisotopic (exact) mass is 453 g/mol. The smallest absolute Gasteiger partial charge is 0.229 e. The molecule has 3 aromatic rings. The van der Waals surface area contributed by atoms with Crippen LogP contribution in [0.3, 0.4) is 0 Å². The number of anilines is 1. The zero-order chi connectivity index (χ0) is 21.9. The lowest BCUT2D eigenvalue weighted by molar-refractivity contribution is 0.0345. The third-order valence-electron chi connectivity index (χ3n) is 5.73. The molecular weight excluding hydrogens is 426 g/mol. The van der Waals surface area contributed by atoms with Crippen molar-refractivity contribution in [1.82, 2.24) is 19.9 Å². The van der Waals surface area contributed by atoms with Crippen LogP contribution in [0.2, 0.25) is 0 Å². The van der Waals surface area contributed by atoms with E-state index in [1.54, 1.807) is 29.5 Å². The normalized spacial score (nSPS) is 17.6. The summed E-state index contributed by atoms with van der Waals surface area (Å²) < 4.78 is 11.0. The lowest BCUT2D eigenvalue weighted by atomic mass is 10.2. The second-order valence-corrected chi connectivity index (χ2v) is 9.17. The zero-order valence-electron chi connectivity index (χ0n) is 18.2. The van der Waals surface area contributed by atoms with Crippen molar-refractivity contribution in [2.45, 2.75) is 13.5 Å². The summed E-state index contributed by atoms with van der Waals surface area (Å²) in [6.07, 6.45) is 0. The van der Waals surface area contributed by atoms with Gasteiger partial charge < -0.3 is 19.5 Å². The molecule has 0 spiro atoms. The molecule has 0 radical (unpaired) electrons. The first kappa shape index (κ1) is 21.3. The molecule has 0 atom stereocenters. The molecule has 1 aromatic carbocycles. The SMILES string of the molecule is Cc1cc(-c2nc(-c3cccc(O)c3)nc(N3CCOCC3)n2)sc1CN1CCOCC1. The first-order valence-electron chi connectivity index (χ1n) is 10.9. The minimum atomic E-state index is 0.192. The lowest BCUT2D eigenvalue weighted by Gasteiger charge is -2.27. The number of thiophene rings is 1. The van der Waals surface area contributed by atoms with Crippen molar-refractivity contribution < 1.29 is 14.6 Å². The van der Waals surface area contributed by atoms with E-state index in [2.05, 4.69) is 22.8 Å². The Bertz CT molecular complexity index is 1080. The molecule has 2 aliphatic heterocycles. The molecule has 2 fully saturated rings. The highest BCUT2D eigenvalue weighted by Gasteiger charge is 2.20. The van der Waals surface area contributed by atoms with Crippen LogP contribution in [0.5, 0.6) is 5.75 Å². The number of hydrogen-bond acceptors (Lipinski definition) is 9. The Balaban J connectivity index is 1.51. The molecule has 0 bridgehead atoms. The van der Waals surface area contributed by atoms with Gasteiger partial charge in [-0.15, -0.1) is 11.3 Å². The fourth-order valence-corrected chi connectivity index (χ4v) is 5.05. The number of nitrogens with zero attached hydrogens (tertiary/aromatic N) is 5. The van der Waals surface area contributed by atoms with E-state index >= 15 is 0 Å². The Morgan fingerprint density at radius 1 is 0.938 bits per heavy atom. The predicted octanol–water partition coefficient (Wildman–Crippen LogP) is 2.95. The van der Waals surface area contributed by atoms with E-state index in [1.807, 2.05) is 6.07 Å². The van der Waals surface area contributed by atoms with E-state index in [0.29, 0.717) is 30.8 Å². The van der Waals surface area contributed by atoms with Crippen LogP contribution in [0.25, 0.3) is 22.1 Å². The molecular formula is C23H27N5O3S. The van der Waals surface area contributed by atoms with Gasteiger partial charge in [0.15, 0.2) is 11.6 Å². The molecule has 0 saturated carbocycles. The third-order valence-corrected chi connectivity index (χ3v) is 6.95. The van der Waals surface area contributed by atoms with Crippen molar-refractivity contribution in [2.24, 2.45) is 0 Å². The van der Waals surface area contributed by atoms with Gasteiger partial charge >= 0.3 is 0 Å². The van der Waals surface area contributed by atoms with Gasteiger partial charge in [-0.1, -0.05) is 12.1 Å². The van der Waals surface area contributed by atoms with Crippen LogP contribution in [0.1, 0.15) is 10.4 Å². The summed E-state index contributed by atoms with van der Waals surface area (Å²) in [7, 11) is 0. The standard InChI is InChI=1S/C23H27N5O3S/c1-16-13-19(32-20(16)15-27-5-9-30-10-6-27)22-24-21(17-3-2-4-18(29)14-17)25-23(26-22)28-7-11-31-12-8-28/h2-4,13-14,29H,5-12,15H2,1H3. The molecule has 2 saturated heterocycles. The van der Waals surface area contributed by atoms with Gasteiger partial charge in [0.05, 0.1) is 31.3 Å². The number of benzene rings is 1. The molecule has 9 heteroatoms. The Labute approximate surface area is 191 Å². The maximum Gasteiger partial charge on any atom is 0.229 e. The van der Waals surface area contributed by atoms with Crippen molar-refractivity contribution in [3.63, 3.8) is 0 Å². The topological polar surface area (TPSA) is 83.8 Å².